The Hall–Kier alpha value is -2.88. The zero-order valence-corrected chi connectivity index (χ0v) is 16.3. The Bertz CT molecular complexity index is 878. The van der Waals surface area contributed by atoms with Crippen LogP contribution in [-0.4, -0.2) is 23.2 Å². The number of rotatable bonds is 7. The Balaban J connectivity index is 1.68. The summed E-state index contributed by atoms with van der Waals surface area (Å²) < 4.78 is 11.9. The van der Waals surface area contributed by atoms with Crippen LogP contribution in [0.5, 0.6) is 11.5 Å². The van der Waals surface area contributed by atoms with Crippen LogP contribution in [0.4, 0.5) is 0 Å². The zero-order valence-electron chi connectivity index (χ0n) is 16.3. The molecule has 1 fully saturated rings. The second kappa shape index (κ2) is 8.87. The molecule has 0 saturated heterocycles. The van der Waals surface area contributed by atoms with E-state index in [1.165, 1.54) is 24.0 Å². The second-order valence-corrected chi connectivity index (χ2v) is 7.30. The smallest absolute Gasteiger partial charge is 0.161 e. The van der Waals surface area contributed by atoms with E-state index in [0.717, 1.165) is 36.5 Å². The van der Waals surface area contributed by atoms with Gasteiger partial charge in [-0.1, -0.05) is 36.4 Å². The number of aromatic nitrogens is 2. The summed E-state index contributed by atoms with van der Waals surface area (Å²) in [7, 11) is 1.70. The molecule has 28 heavy (non-hydrogen) atoms. The summed E-state index contributed by atoms with van der Waals surface area (Å²) in [5.74, 6) is 1.81. The van der Waals surface area contributed by atoms with Gasteiger partial charge in [-0.15, -0.1) is 0 Å². The molecule has 0 spiro atoms. The van der Waals surface area contributed by atoms with Crippen molar-refractivity contribution in [2.45, 2.75) is 44.1 Å². The molecule has 1 aromatic heterocycles. The van der Waals surface area contributed by atoms with E-state index in [1.54, 1.807) is 19.5 Å². The van der Waals surface area contributed by atoms with Gasteiger partial charge in [0.15, 0.2) is 11.5 Å². The van der Waals surface area contributed by atoms with Crippen molar-refractivity contribution < 1.29 is 9.47 Å². The highest BCUT2D eigenvalue weighted by Crippen LogP contribution is 2.37. The summed E-state index contributed by atoms with van der Waals surface area (Å²) in [4.78, 5) is 8.72. The third-order valence-corrected chi connectivity index (χ3v) is 5.42. The molecule has 1 saturated carbocycles. The Morgan fingerprint density at radius 2 is 1.79 bits per heavy atom. The van der Waals surface area contributed by atoms with Gasteiger partial charge in [-0.2, -0.15) is 0 Å². The van der Waals surface area contributed by atoms with Crippen molar-refractivity contribution in [1.29, 1.82) is 0 Å². The van der Waals surface area contributed by atoms with Crippen LogP contribution in [0.3, 0.4) is 0 Å². The average Bonchev–Trinajstić information content (AvgIpc) is 3.26. The van der Waals surface area contributed by atoms with Gasteiger partial charge >= 0.3 is 0 Å². The van der Waals surface area contributed by atoms with Crippen LogP contribution in [0.1, 0.15) is 48.4 Å². The number of hydrogen-bond donors (Lipinski definition) is 0. The summed E-state index contributed by atoms with van der Waals surface area (Å²) in [6.45, 7) is 0. The van der Waals surface area contributed by atoms with Crippen LogP contribution < -0.4 is 9.47 Å². The minimum absolute atomic E-state index is 0.176. The normalized spacial score (nSPS) is 15.3. The third-order valence-electron chi connectivity index (χ3n) is 5.42. The molecule has 144 valence electrons. The Labute approximate surface area is 166 Å². The average molecular weight is 374 g/mol. The molecule has 0 amide bonds. The van der Waals surface area contributed by atoms with E-state index >= 15 is 0 Å². The first-order valence-electron chi connectivity index (χ1n) is 9.98. The number of methoxy groups -OCH3 is 1. The van der Waals surface area contributed by atoms with Gasteiger partial charge in [-0.05, 0) is 48.9 Å². The minimum atomic E-state index is 0.176. The van der Waals surface area contributed by atoms with Gasteiger partial charge in [0.25, 0.3) is 0 Å². The first-order chi connectivity index (χ1) is 13.8. The first kappa shape index (κ1) is 18.5. The molecule has 0 N–H and O–H groups in total. The van der Waals surface area contributed by atoms with Gasteiger partial charge in [0.2, 0.25) is 0 Å². The summed E-state index contributed by atoms with van der Waals surface area (Å²) in [5.41, 5.74) is 3.43. The predicted molar refractivity (Wildman–Crippen MR) is 110 cm³/mol. The molecule has 1 heterocycles. The first-order valence-corrected chi connectivity index (χ1v) is 9.98. The van der Waals surface area contributed by atoms with E-state index in [0.29, 0.717) is 6.10 Å². The van der Waals surface area contributed by atoms with Crippen molar-refractivity contribution in [2.75, 3.05) is 7.11 Å². The van der Waals surface area contributed by atoms with Crippen LogP contribution in [0.15, 0.2) is 67.1 Å². The van der Waals surface area contributed by atoms with Crippen LogP contribution in [0, 0.1) is 0 Å². The highest BCUT2D eigenvalue weighted by molar-refractivity contribution is 5.46. The van der Waals surface area contributed by atoms with Gasteiger partial charge in [-0.25, -0.2) is 0 Å². The maximum Gasteiger partial charge on any atom is 0.161 e. The second-order valence-electron chi connectivity index (χ2n) is 7.30. The van der Waals surface area contributed by atoms with Crippen LogP contribution >= 0.6 is 0 Å². The van der Waals surface area contributed by atoms with Crippen molar-refractivity contribution >= 4 is 0 Å². The molecule has 1 aliphatic rings. The zero-order chi connectivity index (χ0) is 19.2. The van der Waals surface area contributed by atoms with Crippen molar-refractivity contribution in [1.82, 2.24) is 9.97 Å². The molecule has 0 radical (unpaired) electrons. The van der Waals surface area contributed by atoms with E-state index in [9.17, 15) is 0 Å². The number of ether oxygens (including phenoxy) is 2. The van der Waals surface area contributed by atoms with Crippen molar-refractivity contribution in [2.24, 2.45) is 0 Å². The monoisotopic (exact) mass is 374 g/mol. The number of benzene rings is 2. The van der Waals surface area contributed by atoms with Crippen molar-refractivity contribution in [3.63, 3.8) is 0 Å². The third kappa shape index (κ3) is 4.33. The van der Waals surface area contributed by atoms with Crippen LogP contribution in [0.2, 0.25) is 0 Å². The van der Waals surface area contributed by atoms with E-state index in [-0.39, 0.29) is 5.92 Å². The van der Waals surface area contributed by atoms with Gasteiger partial charge < -0.3 is 9.47 Å². The van der Waals surface area contributed by atoms with Gasteiger partial charge in [0.1, 0.15) is 0 Å². The molecular weight excluding hydrogens is 348 g/mol. The number of nitrogens with zero attached hydrogens (tertiary/aromatic N) is 2. The topological polar surface area (TPSA) is 44.2 Å². The Morgan fingerprint density at radius 1 is 0.964 bits per heavy atom. The summed E-state index contributed by atoms with van der Waals surface area (Å²) in [6.07, 6.45) is 11.1. The van der Waals surface area contributed by atoms with E-state index in [2.05, 4.69) is 46.4 Å². The molecule has 1 aliphatic carbocycles. The lowest BCUT2D eigenvalue weighted by Gasteiger charge is -2.21. The van der Waals surface area contributed by atoms with Crippen LogP contribution in [-0.2, 0) is 6.42 Å². The van der Waals surface area contributed by atoms with Crippen molar-refractivity contribution in [3.8, 4) is 11.5 Å². The summed E-state index contributed by atoms with van der Waals surface area (Å²) >= 11 is 0. The fourth-order valence-electron chi connectivity index (χ4n) is 3.95. The lowest BCUT2D eigenvalue weighted by atomic mass is 9.87. The molecule has 4 nitrogen and oxygen atoms in total. The molecule has 4 heteroatoms. The molecule has 0 bridgehead atoms. The molecule has 1 atom stereocenters. The van der Waals surface area contributed by atoms with Gasteiger partial charge in [0.05, 0.1) is 18.9 Å². The summed E-state index contributed by atoms with van der Waals surface area (Å²) in [5, 5.41) is 0. The fraction of sp³-hybridized carbons (Fsp3) is 0.333. The molecule has 3 aromatic rings. The van der Waals surface area contributed by atoms with Crippen molar-refractivity contribution in [3.05, 3.63) is 83.9 Å². The lowest BCUT2D eigenvalue weighted by Crippen LogP contribution is -2.13. The quantitative estimate of drug-likeness (QED) is 0.571. The van der Waals surface area contributed by atoms with E-state index < -0.39 is 0 Å². The van der Waals surface area contributed by atoms with Gasteiger partial charge in [0, 0.05) is 30.9 Å². The molecule has 0 aliphatic heterocycles. The Kier molecular flexibility index (Phi) is 5.86. The molecular formula is C24H26N2O2. The maximum absolute atomic E-state index is 6.32. The maximum atomic E-state index is 6.32. The standard InChI is InChI=1S/C24H26N2O2/c1-27-23-12-11-19(15-24(23)28-21-9-5-6-10-21)22(18-7-3-2-4-8-18)16-20-17-25-13-14-26-20/h2-4,7-8,11-15,17,21-22H,5-6,9-10,16H2,1H3. The predicted octanol–water partition coefficient (Wildman–Crippen LogP) is 5.18. The molecule has 4 rings (SSSR count). The summed E-state index contributed by atoms with van der Waals surface area (Å²) in [6, 6.07) is 16.8. The highest BCUT2D eigenvalue weighted by atomic mass is 16.5. The SMILES string of the molecule is COc1ccc(C(Cc2cnccn2)c2ccccc2)cc1OC1CCCC1. The largest absolute Gasteiger partial charge is 0.493 e. The number of hydrogen-bond acceptors (Lipinski definition) is 4. The van der Waals surface area contributed by atoms with Crippen LogP contribution in [0.25, 0.3) is 0 Å². The van der Waals surface area contributed by atoms with E-state index in [1.807, 2.05) is 18.3 Å². The lowest BCUT2D eigenvalue weighted by molar-refractivity contribution is 0.200. The van der Waals surface area contributed by atoms with E-state index in [4.69, 9.17) is 9.47 Å². The fourth-order valence-corrected chi connectivity index (χ4v) is 3.95. The minimum Gasteiger partial charge on any atom is -0.493 e. The molecule has 2 aromatic carbocycles. The van der Waals surface area contributed by atoms with Gasteiger partial charge in [-0.3, -0.25) is 9.97 Å². The highest BCUT2D eigenvalue weighted by Gasteiger charge is 2.21. The molecule has 1 unspecified atom stereocenters. The Morgan fingerprint density at radius 3 is 2.50 bits per heavy atom.